The summed E-state index contributed by atoms with van der Waals surface area (Å²) >= 11 is 6.40. The normalized spacial score (nSPS) is 16.9. The van der Waals surface area contributed by atoms with Crippen molar-refractivity contribution in [2.24, 2.45) is 0 Å². The molecule has 3 aromatic heterocycles. The van der Waals surface area contributed by atoms with Gasteiger partial charge in [-0.15, -0.1) is 5.10 Å². The summed E-state index contributed by atoms with van der Waals surface area (Å²) in [6, 6.07) is 9.82. The maximum atomic E-state index is 6.40. The van der Waals surface area contributed by atoms with Crippen LogP contribution in [-0.2, 0) is 12.0 Å². The number of hydrogen-bond donors (Lipinski definition) is 0. The minimum absolute atomic E-state index is 0.0656. The van der Waals surface area contributed by atoms with E-state index in [9.17, 15) is 0 Å². The highest BCUT2D eigenvalue weighted by atomic mass is 35.5. The lowest BCUT2D eigenvalue weighted by atomic mass is 9.95. The first-order valence-electron chi connectivity index (χ1n) is 10.9. The van der Waals surface area contributed by atoms with Crippen molar-refractivity contribution in [2.75, 3.05) is 11.4 Å². The molecular formula is C23H26ClN7O. The number of rotatable bonds is 4. The number of benzene rings is 1. The van der Waals surface area contributed by atoms with Gasteiger partial charge in [0, 0.05) is 23.0 Å². The molecule has 1 aromatic carbocycles. The zero-order valence-electron chi connectivity index (χ0n) is 18.7. The number of fused-ring (bicyclic) bond motifs is 1. The minimum Gasteiger partial charge on any atom is -0.359 e. The number of halogens is 1. The second-order valence-corrected chi connectivity index (χ2v) is 9.76. The molecule has 1 aliphatic heterocycles. The Bertz CT molecular complexity index is 1270. The Morgan fingerprint density at radius 2 is 2.00 bits per heavy atom. The van der Waals surface area contributed by atoms with E-state index >= 15 is 0 Å². The molecule has 0 spiro atoms. The van der Waals surface area contributed by atoms with E-state index in [2.05, 4.69) is 41.1 Å². The van der Waals surface area contributed by atoms with Crippen molar-refractivity contribution < 1.29 is 4.52 Å². The molecule has 1 aliphatic rings. The van der Waals surface area contributed by atoms with Crippen LogP contribution in [0, 0.1) is 6.92 Å². The maximum absolute atomic E-state index is 6.40. The van der Waals surface area contributed by atoms with Gasteiger partial charge in [0.15, 0.2) is 22.7 Å². The maximum Gasteiger partial charge on any atom is 0.184 e. The molecule has 0 radical (unpaired) electrons. The van der Waals surface area contributed by atoms with Crippen LogP contribution in [0.1, 0.15) is 62.5 Å². The van der Waals surface area contributed by atoms with E-state index in [1.165, 1.54) is 0 Å². The van der Waals surface area contributed by atoms with Gasteiger partial charge < -0.3 is 9.42 Å². The Labute approximate surface area is 191 Å². The van der Waals surface area contributed by atoms with Crippen molar-refractivity contribution in [1.29, 1.82) is 0 Å². The first-order valence-corrected chi connectivity index (χ1v) is 11.2. The predicted octanol–water partition coefficient (Wildman–Crippen LogP) is 4.86. The van der Waals surface area contributed by atoms with Crippen LogP contribution < -0.4 is 4.90 Å². The average Bonchev–Trinajstić information content (AvgIpc) is 3.48. The van der Waals surface area contributed by atoms with E-state index in [0.29, 0.717) is 22.7 Å². The summed E-state index contributed by atoms with van der Waals surface area (Å²) in [5.74, 6) is 2.40. The third-order valence-corrected chi connectivity index (χ3v) is 6.16. The van der Waals surface area contributed by atoms with Crippen LogP contribution in [0.25, 0.3) is 11.2 Å². The van der Waals surface area contributed by atoms with Gasteiger partial charge in [0.2, 0.25) is 0 Å². The van der Waals surface area contributed by atoms with E-state index in [-0.39, 0.29) is 11.5 Å². The van der Waals surface area contributed by atoms with Gasteiger partial charge >= 0.3 is 0 Å². The summed E-state index contributed by atoms with van der Waals surface area (Å²) < 4.78 is 7.42. The molecule has 9 heteroatoms. The van der Waals surface area contributed by atoms with Crippen molar-refractivity contribution in [3.05, 3.63) is 58.2 Å². The molecule has 166 valence electrons. The Morgan fingerprint density at radius 1 is 1.19 bits per heavy atom. The smallest absolute Gasteiger partial charge is 0.184 e. The first-order chi connectivity index (χ1) is 15.3. The van der Waals surface area contributed by atoms with Gasteiger partial charge in [0.05, 0.1) is 18.3 Å². The molecule has 1 fully saturated rings. The first kappa shape index (κ1) is 20.9. The zero-order chi connectivity index (χ0) is 22.5. The third kappa shape index (κ3) is 3.72. The van der Waals surface area contributed by atoms with Crippen LogP contribution in [0.2, 0.25) is 5.02 Å². The number of aryl methyl sites for hydroxylation is 1. The monoisotopic (exact) mass is 451 g/mol. The Kier molecular flexibility index (Phi) is 5.12. The molecule has 32 heavy (non-hydrogen) atoms. The van der Waals surface area contributed by atoms with Gasteiger partial charge in [0.1, 0.15) is 5.82 Å². The zero-order valence-corrected chi connectivity index (χ0v) is 19.5. The molecule has 0 amide bonds. The van der Waals surface area contributed by atoms with Crippen molar-refractivity contribution >= 4 is 28.6 Å². The summed E-state index contributed by atoms with van der Waals surface area (Å²) in [7, 11) is 0. The van der Waals surface area contributed by atoms with Gasteiger partial charge in [-0.3, -0.25) is 0 Å². The SMILES string of the molecule is Cc1cc(C2CCCN2c2nc(C(C)(C)C)nc3c2nnn3Cc2ccccc2Cl)on1. The number of aromatic nitrogens is 6. The van der Waals surface area contributed by atoms with Crippen LogP contribution in [0.3, 0.4) is 0 Å². The van der Waals surface area contributed by atoms with Crippen molar-refractivity contribution in [3.63, 3.8) is 0 Å². The van der Waals surface area contributed by atoms with Gasteiger partial charge in [0.25, 0.3) is 0 Å². The fraction of sp³-hybridized carbons (Fsp3) is 0.435. The molecule has 1 unspecified atom stereocenters. The number of nitrogens with zero attached hydrogens (tertiary/aromatic N) is 7. The van der Waals surface area contributed by atoms with Gasteiger partial charge in [-0.2, -0.15) is 0 Å². The lowest BCUT2D eigenvalue weighted by Gasteiger charge is -2.26. The van der Waals surface area contributed by atoms with Crippen LogP contribution >= 0.6 is 11.6 Å². The van der Waals surface area contributed by atoms with E-state index in [1.807, 2.05) is 37.3 Å². The lowest BCUT2D eigenvalue weighted by Crippen LogP contribution is -2.26. The fourth-order valence-electron chi connectivity index (χ4n) is 4.13. The highest BCUT2D eigenvalue weighted by Crippen LogP contribution is 2.38. The van der Waals surface area contributed by atoms with E-state index in [0.717, 1.165) is 48.0 Å². The Balaban J connectivity index is 1.64. The largest absolute Gasteiger partial charge is 0.359 e. The third-order valence-electron chi connectivity index (χ3n) is 5.79. The van der Waals surface area contributed by atoms with Gasteiger partial charge in [-0.25, -0.2) is 14.6 Å². The highest BCUT2D eigenvalue weighted by Gasteiger charge is 2.34. The lowest BCUT2D eigenvalue weighted by molar-refractivity contribution is 0.358. The van der Waals surface area contributed by atoms with Crippen molar-refractivity contribution in [3.8, 4) is 0 Å². The average molecular weight is 452 g/mol. The molecule has 0 aliphatic carbocycles. The van der Waals surface area contributed by atoms with E-state index in [4.69, 9.17) is 26.1 Å². The molecule has 0 saturated carbocycles. The summed E-state index contributed by atoms with van der Waals surface area (Å²) in [6.07, 6.45) is 2.01. The fourth-order valence-corrected chi connectivity index (χ4v) is 4.32. The summed E-state index contributed by atoms with van der Waals surface area (Å²) in [4.78, 5) is 12.1. The van der Waals surface area contributed by atoms with E-state index in [1.54, 1.807) is 4.68 Å². The van der Waals surface area contributed by atoms with E-state index < -0.39 is 0 Å². The quantitative estimate of drug-likeness (QED) is 0.438. The molecule has 0 N–H and O–H groups in total. The summed E-state index contributed by atoms with van der Waals surface area (Å²) in [5, 5.41) is 13.7. The summed E-state index contributed by atoms with van der Waals surface area (Å²) in [6.45, 7) is 9.62. The Hall–Kier alpha value is -3.00. The van der Waals surface area contributed by atoms with Gasteiger partial charge in [-0.05, 0) is 31.4 Å². The van der Waals surface area contributed by atoms with Crippen LogP contribution in [-0.4, -0.2) is 36.7 Å². The number of hydrogen-bond acceptors (Lipinski definition) is 7. The topological polar surface area (TPSA) is 85.8 Å². The second-order valence-electron chi connectivity index (χ2n) is 9.35. The van der Waals surface area contributed by atoms with Crippen molar-refractivity contribution in [2.45, 2.75) is 58.5 Å². The standard InChI is InChI=1S/C23H26ClN7O/c1-14-12-18(32-28-14)17-10-7-11-30(17)20-19-21(26-22(25-20)23(2,3)4)31(29-27-19)13-15-8-5-6-9-16(15)24/h5-6,8-9,12,17H,7,10-11,13H2,1-4H3. The van der Waals surface area contributed by atoms with Crippen molar-refractivity contribution in [1.82, 2.24) is 30.1 Å². The molecule has 5 rings (SSSR count). The Morgan fingerprint density at radius 3 is 2.72 bits per heavy atom. The summed E-state index contributed by atoms with van der Waals surface area (Å²) in [5.41, 5.74) is 3.00. The van der Waals surface area contributed by atoms with Gasteiger partial charge in [-0.1, -0.05) is 60.9 Å². The second kappa shape index (κ2) is 7.85. The van der Waals surface area contributed by atoms with Crippen LogP contribution in [0.15, 0.2) is 34.9 Å². The molecule has 0 bridgehead atoms. The molecule has 1 saturated heterocycles. The van der Waals surface area contributed by atoms with Crippen LogP contribution in [0.4, 0.5) is 5.82 Å². The molecule has 8 nitrogen and oxygen atoms in total. The predicted molar refractivity (Wildman–Crippen MR) is 123 cm³/mol. The highest BCUT2D eigenvalue weighted by molar-refractivity contribution is 6.31. The minimum atomic E-state index is -0.236. The van der Waals surface area contributed by atoms with Crippen LogP contribution in [0.5, 0.6) is 0 Å². The number of anilines is 1. The molecular weight excluding hydrogens is 426 g/mol. The molecule has 4 heterocycles. The molecule has 4 aromatic rings. The molecule has 1 atom stereocenters.